The lowest BCUT2D eigenvalue weighted by Crippen LogP contribution is -2.47. The third-order valence-electron chi connectivity index (χ3n) is 5.95. The number of rotatable bonds is 5. The first-order valence-electron chi connectivity index (χ1n) is 10.6. The van der Waals surface area contributed by atoms with Gasteiger partial charge in [-0.15, -0.1) is 0 Å². The smallest absolute Gasteiger partial charge is 0.266 e. The molecule has 7 heteroatoms. The summed E-state index contributed by atoms with van der Waals surface area (Å²) in [5.74, 6) is -0.222. The van der Waals surface area contributed by atoms with Gasteiger partial charge in [-0.1, -0.05) is 0 Å². The zero-order chi connectivity index (χ0) is 22.1. The maximum absolute atomic E-state index is 13.1. The van der Waals surface area contributed by atoms with Crippen molar-refractivity contribution >= 4 is 23.4 Å². The molecule has 1 atom stereocenters. The molecule has 0 N–H and O–H groups in total. The van der Waals surface area contributed by atoms with Gasteiger partial charge in [-0.25, -0.2) is 4.90 Å². The summed E-state index contributed by atoms with van der Waals surface area (Å²) in [4.78, 5) is 44.2. The second kappa shape index (κ2) is 8.51. The number of carbonyl (C=O) groups excluding carboxylic acids is 3. The molecule has 1 saturated heterocycles. The summed E-state index contributed by atoms with van der Waals surface area (Å²) in [5, 5.41) is 0. The fourth-order valence-corrected chi connectivity index (χ4v) is 4.21. The number of imide groups is 1. The van der Waals surface area contributed by atoms with Crippen molar-refractivity contribution in [1.82, 2.24) is 9.80 Å². The third kappa shape index (κ3) is 3.93. The van der Waals surface area contributed by atoms with E-state index in [9.17, 15) is 14.4 Å². The van der Waals surface area contributed by atoms with E-state index < -0.39 is 5.91 Å². The highest BCUT2D eigenvalue weighted by Crippen LogP contribution is 2.30. The molecule has 0 aromatic heterocycles. The van der Waals surface area contributed by atoms with E-state index in [1.807, 2.05) is 25.9 Å². The summed E-state index contributed by atoms with van der Waals surface area (Å²) >= 11 is 0. The van der Waals surface area contributed by atoms with Crippen molar-refractivity contribution in [3.8, 4) is 5.75 Å². The van der Waals surface area contributed by atoms with Crippen LogP contribution in [0.2, 0.25) is 0 Å². The van der Waals surface area contributed by atoms with Crippen molar-refractivity contribution in [1.29, 1.82) is 0 Å². The normalized spacial score (nSPS) is 18.5. The Bertz CT molecular complexity index is 1020. The molecule has 0 aliphatic carbocycles. The van der Waals surface area contributed by atoms with Gasteiger partial charge in [0, 0.05) is 24.7 Å². The molecule has 2 aromatic carbocycles. The minimum Gasteiger partial charge on any atom is -0.494 e. The fraction of sp³-hybridized carbons (Fsp3) is 0.375. The molecule has 1 unspecified atom stereocenters. The molecular weight excluding hydrogens is 394 g/mol. The van der Waals surface area contributed by atoms with Crippen LogP contribution in [0.15, 0.2) is 42.5 Å². The first kappa shape index (κ1) is 21.1. The average Bonchev–Trinajstić information content (AvgIpc) is 3.03. The van der Waals surface area contributed by atoms with Crippen LogP contribution in [0.1, 0.15) is 50.8 Å². The molecule has 2 heterocycles. The van der Waals surface area contributed by atoms with Crippen LogP contribution >= 0.6 is 0 Å². The summed E-state index contributed by atoms with van der Waals surface area (Å²) in [6.45, 7) is 3.79. The number of piperidine rings is 1. The van der Waals surface area contributed by atoms with E-state index >= 15 is 0 Å². The summed E-state index contributed by atoms with van der Waals surface area (Å²) in [5.41, 5.74) is 1.51. The number of fused-ring (bicyclic) bond motifs is 1. The predicted octanol–water partition coefficient (Wildman–Crippen LogP) is 3.05. The number of hydrogen-bond donors (Lipinski definition) is 0. The van der Waals surface area contributed by atoms with E-state index in [2.05, 4.69) is 4.90 Å². The van der Waals surface area contributed by atoms with Crippen molar-refractivity contribution in [2.75, 3.05) is 38.7 Å². The molecule has 162 valence electrons. The van der Waals surface area contributed by atoms with Gasteiger partial charge in [0.05, 0.1) is 23.4 Å². The van der Waals surface area contributed by atoms with Gasteiger partial charge < -0.3 is 14.5 Å². The van der Waals surface area contributed by atoms with E-state index in [-0.39, 0.29) is 17.4 Å². The highest BCUT2D eigenvalue weighted by Gasteiger charge is 2.37. The second-order valence-electron chi connectivity index (χ2n) is 8.14. The zero-order valence-electron chi connectivity index (χ0n) is 18.1. The Labute approximate surface area is 182 Å². The van der Waals surface area contributed by atoms with E-state index in [1.54, 1.807) is 42.5 Å². The number of benzene rings is 2. The molecule has 0 radical (unpaired) electrons. The number of hydrogen-bond acceptors (Lipinski definition) is 5. The molecule has 7 nitrogen and oxygen atoms in total. The molecule has 1 fully saturated rings. The van der Waals surface area contributed by atoms with Gasteiger partial charge in [-0.05, 0) is 76.3 Å². The van der Waals surface area contributed by atoms with Crippen LogP contribution in [-0.2, 0) is 0 Å². The summed E-state index contributed by atoms with van der Waals surface area (Å²) in [6.07, 6.45) is 2.01. The first-order valence-corrected chi connectivity index (χ1v) is 10.6. The number of likely N-dealkylation sites (tertiary alicyclic amines) is 1. The molecule has 3 amide bonds. The molecular formula is C24H27N3O4. The van der Waals surface area contributed by atoms with Crippen LogP contribution < -0.4 is 9.64 Å². The van der Waals surface area contributed by atoms with Crippen molar-refractivity contribution in [2.24, 2.45) is 0 Å². The molecule has 0 spiro atoms. The molecule has 2 aliphatic rings. The summed E-state index contributed by atoms with van der Waals surface area (Å²) in [7, 11) is 4.04. The van der Waals surface area contributed by atoms with Crippen LogP contribution in [0.25, 0.3) is 0 Å². The highest BCUT2D eigenvalue weighted by atomic mass is 16.5. The average molecular weight is 421 g/mol. The summed E-state index contributed by atoms with van der Waals surface area (Å²) < 4.78 is 5.43. The monoisotopic (exact) mass is 421 g/mol. The van der Waals surface area contributed by atoms with Crippen LogP contribution in [0.5, 0.6) is 5.75 Å². The second-order valence-corrected chi connectivity index (χ2v) is 8.14. The number of likely N-dealkylation sites (N-methyl/N-ethyl adjacent to an activating group) is 1. The number of ether oxygens (including phenoxy) is 1. The SMILES string of the molecule is CCOc1ccc(N2C(=O)c3ccc(C(=O)N4CCCC(N(C)C)C4)cc3C2=O)cc1. The molecule has 0 bridgehead atoms. The third-order valence-corrected chi connectivity index (χ3v) is 5.95. The zero-order valence-corrected chi connectivity index (χ0v) is 18.1. The largest absolute Gasteiger partial charge is 0.494 e. The molecule has 2 aromatic rings. The first-order chi connectivity index (χ1) is 14.9. The lowest BCUT2D eigenvalue weighted by molar-refractivity contribution is 0.0635. The van der Waals surface area contributed by atoms with Crippen molar-refractivity contribution < 1.29 is 19.1 Å². The van der Waals surface area contributed by atoms with Crippen LogP contribution in [0, 0.1) is 0 Å². The van der Waals surface area contributed by atoms with Gasteiger partial charge in [0.25, 0.3) is 17.7 Å². The van der Waals surface area contributed by atoms with Crippen molar-refractivity contribution in [2.45, 2.75) is 25.8 Å². The molecule has 0 saturated carbocycles. The molecule has 4 rings (SSSR count). The van der Waals surface area contributed by atoms with Gasteiger partial charge >= 0.3 is 0 Å². The molecule has 2 aliphatic heterocycles. The van der Waals surface area contributed by atoms with Gasteiger partial charge in [0.2, 0.25) is 0 Å². The topological polar surface area (TPSA) is 70.2 Å². The van der Waals surface area contributed by atoms with Gasteiger partial charge in [0.1, 0.15) is 5.75 Å². The van der Waals surface area contributed by atoms with Gasteiger partial charge in [0.15, 0.2) is 0 Å². The number of amides is 3. The van der Waals surface area contributed by atoms with Crippen LogP contribution in [0.3, 0.4) is 0 Å². The van der Waals surface area contributed by atoms with E-state index in [4.69, 9.17) is 4.74 Å². The Kier molecular flexibility index (Phi) is 5.78. The number of anilines is 1. The lowest BCUT2D eigenvalue weighted by Gasteiger charge is -2.36. The maximum atomic E-state index is 13.1. The lowest BCUT2D eigenvalue weighted by atomic mass is 10.0. The Morgan fingerprint density at radius 1 is 1.06 bits per heavy atom. The van der Waals surface area contributed by atoms with Gasteiger partial charge in [-0.3, -0.25) is 14.4 Å². The minimum absolute atomic E-state index is 0.103. The Morgan fingerprint density at radius 2 is 1.77 bits per heavy atom. The minimum atomic E-state index is -0.413. The van der Waals surface area contributed by atoms with Crippen LogP contribution in [0.4, 0.5) is 5.69 Å². The summed E-state index contributed by atoms with van der Waals surface area (Å²) in [6, 6.07) is 12.0. The maximum Gasteiger partial charge on any atom is 0.266 e. The standard InChI is InChI=1S/C24H27N3O4/c1-4-31-19-10-8-17(9-11-19)27-23(29)20-12-7-16(14-21(20)24(27)30)22(28)26-13-5-6-18(15-26)25(2)3/h7-12,14,18H,4-6,13,15H2,1-3H3. The Balaban J connectivity index is 1.57. The highest BCUT2D eigenvalue weighted by molar-refractivity contribution is 6.34. The Morgan fingerprint density at radius 3 is 2.45 bits per heavy atom. The molecule has 31 heavy (non-hydrogen) atoms. The van der Waals surface area contributed by atoms with Crippen molar-refractivity contribution in [3.63, 3.8) is 0 Å². The fourth-order valence-electron chi connectivity index (χ4n) is 4.21. The van der Waals surface area contributed by atoms with Gasteiger partial charge in [-0.2, -0.15) is 0 Å². The number of carbonyl (C=O) groups is 3. The number of nitrogens with zero attached hydrogens (tertiary/aromatic N) is 3. The van der Waals surface area contributed by atoms with E-state index in [0.717, 1.165) is 17.7 Å². The predicted molar refractivity (Wildman–Crippen MR) is 118 cm³/mol. The quantitative estimate of drug-likeness (QED) is 0.694. The van der Waals surface area contributed by atoms with Crippen LogP contribution in [-0.4, -0.2) is 67.4 Å². The van der Waals surface area contributed by atoms with Crippen molar-refractivity contribution in [3.05, 3.63) is 59.2 Å². The Hall–Kier alpha value is -3.19. The van der Waals surface area contributed by atoms with E-state index in [1.165, 1.54) is 0 Å². The van der Waals surface area contributed by atoms with E-state index in [0.29, 0.717) is 48.3 Å².